The number of aryl methyl sites for hydroxylation is 1. The first kappa shape index (κ1) is 10.5. The standard InChI is InChI=1S/C12H14N2O2/c1-7-4-8-5-9(12(16)14(2)3)6-10(15)11(8)13-7/h4-6,13,15H,1-3H3. The second-order valence-corrected chi connectivity index (χ2v) is 4.11. The van der Waals surface area contributed by atoms with Gasteiger partial charge in [0, 0.05) is 30.7 Å². The summed E-state index contributed by atoms with van der Waals surface area (Å²) in [6.45, 7) is 1.91. The normalized spacial score (nSPS) is 10.7. The number of hydrogen-bond acceptors (Lipinski definition) is 2. The SMILES string of the molecule is Cc1cc2cc(C(=O)N(C)C)cc(O)c2[nH]1. The topological polar surface area (TPSA) is 56.3 Å². The van der Waals surface area contributed by atoms with Crippen LogP contribution in [-0.4, -0.2) is 35.0 Å². The fourth-order valence-electron chi connectivity index (χ4n) is 1.75. The Morgan fingerprint density at radius 3 is 2.62 bits per heavy atom. The molecule has 0 aliphatic heterocycles. The Balaban J connectivity index is 2.61. The van der Waals surface area contributed by atoms with Gasteiger partial charge in [-0.15, -0.1) is 0 Å². The number of carbonyl (C=O) groups is 1. The number of carbonyl (C=O) groups excluding carboxylic acids is 1. The van der Waals surface area contributed by atoms with Gasteiger partial charge in [-0.2, -0.15) is 0 Å². The number of phenols is 1. The molecule has 2 N–H and O–H groups in total. The predicted molar refractivity (Wildman–Crippen MR) is 62.7 cm³/mol. The molecule has 84 valence electrons. The Morgan fingerprint density at radius 2 is 2.00 bits per heavy atom. The minimum atomic E-state index is -0.115. The van der Waals surface area contributed by atoms with Crippen molar-refractivity contribution in [2.24, 2.45) is 0 Å². The number of rotatable bonds is 1. The molecule has 1 amide bonds. The molecule has 1 aromatic carbocycles. The van der Waals surface area contributed by atoms with Crippen molar-refractivity contribution in [1.82, 2.24) is 9.88 Å². The van der Waals surface area contributed by atoms with E-state index in [4.69, 9.17) is 0 Å². The summed E-state index contributed by atoms with van der Waals surface area (Å²) in [5.41, 5.74) is 2.13. The van der Waals surface area contributed by atoms with Gasteiger partial charge >= 0.3 is 0 Å². The molecule has 4 nitrogen and oxygen atoms in total. The Kier molecular flexibility index (Phi) is 2.34. The van der Waals surface area contributed by atoms with Crippen molar-refractivity contribution in [2.75, 3.05) is 14.1 Å². The molecule has 0 aliphatic rings. The summed E-state index contributed by atoms with van der Waals surface area (Å²) in [5, 5.41) is 10.6. The number of aromatic hydroxyl groups is 1. The van der Waals surface area contributed by atoms with Crippen LogP contribution in [0.15, 0.2) is 18.2 Å². The van der Waals surface area contributed by atoms with E-state index >= 15 is 0 Å². The summed E-state index contributed by atoms with van der Waals surface area (Å²) < 4.78 is 0. The van der Waals surface area contributed by atoms with Crippen molar-refractivity contribution in [3.63, 3.8) is 0 Å². The Bertz CT molecular complexity index is 555. The molecule has 4 heteroatoms. The fraction of sp³-hybridized carbons (Fsp3) is 0.250. The first-order valence-electron chi connectivity index (χ1n) is 5.03. The maximum absolute atomic E-state index is 11.8. The molecule has 2 aromatic rings. The summed E-state index contributed by atoms with van der Waals surface area (Å²) in [6, 6.07) is 5.17. The zero-order chi connectivity index (χ0) is 11.9. The van der Waals surface area contributed by atoms with E-state index in [9.17, 15) is 9.90 Å². The minimum Gasteiger partial charge on any atom is -0.506 e. The van der Waals surface area contributed by atoms with Gasteiger partial charge in [-0.25, -0.2) is 0 Å². The van der Waals surface area contributed by atoms with Crippen LogP contribution >= 0.6 is 0 Å². The average molecular weight is 218 g/mol. The lowest BCUT2D eigenvalue weighted by atomic mass is 10.1. The molecule has 0 atom stereocenters. The van der Waals surface area contributed by atoms with Crippen molar-refractivity contribution < 1.29 is 9.90 Å². The second kappa shape index (κ2) is 3.56. The number of nitrogens with one attached hydrogen (secondary N) is 1. The summed E-state index contributed by atoms with van der Waals surface area (Å²) in [4.78, 5) is 16.3. The van der Waals surface area contributed by atoms with E-state index in [-0.39, 0.29) is 11.7 Å². The Labute approximate surface area is 93.5 Å². The third kappa shape index (κ3) is 1.62. The van der Waals surface area contributed by atoms with Crippen molar-refractivity contribution in [1.29, 1.82) is 0 Å². The van der Waals surface area contributed by atoms with E-state index in [1.165, 1.54) is 11.0 Å². The lowest BCUT2D eigenvalue weighted by Gasteiger charge is -2.10. The van der Waals surface area contributed by atoms with Gasteiger partial charge in [0.25, 0.3) is 5.91 Å². The summed E-state index contributed by atoms with van der Waals surface area (Å²) in [5.74, 6) is -0.00754. The number of aromatic nitrogens is 1. The van der Waals surface area contributed by atoms with E-state index in [1.54, 1.807) is 20.2 Å². The summed E-state index contributed by atoms with van der Waals surface area (Å²) in [7, 11) is 3.37. The fourth-order valence-corrected chi connectivity index (χ4v) is 1.75. The van der Waals surface area contributed by atoms with Crippen LogP contribution in [0.1, 0.15) is 16.1 Å². The summed E-state index contributed by atoms with van der Waals surface area (Å²) >= 11 is 0. The Morgan fingerprint density at radius 1 is 1.31 bits per heavy atom. The molecule has 1 heterocycles. The molecule has 0 radical (unpaired) electrons. The highest BCUT2D eigenvalue weighted by molar-refractivity contribution is 5.99. The number of nitrogens with zero attached hydrogens (tertiary/aromatic N) is 1. The van der Waals surface area contributed by atoms with Crippen LogP contribution in [-0.2, 0) is 0 Å². The predicted octanol–water partition coefficient (Wildman–Crippen LogP) is 1.88. The highest BCUT2D eigenvalue weighted by atomic mass is 16.3. The minimum absolute atomic E-state index is 0.107. The highest BCUT2D eigenvalue weighted by Gasteiger charge is 2.12. The van der Waals surface area contributed by atoms with Crippen LogP contribution in [0.4, 0.5) is 0 Å². The van der Waals surface area contributed by atoms with Gasteiger partial charge in [0.15, 0.2) is 0 Å². The average Bonchev–Trinajstić information content (AvgIpc) is 2.57. The number of aromatic amines is 1. The first-order chi connectivity index (χ1) is 7.49. The quantitative estimate of drug-likeness (QED) is 0.767. The van der Waals surface area contributed by atoms with Gasteiger partial charge in [-0.1, -0.05) is 0 Å². The second-order valence-electron chi connectivity index (χ2n) is 4.11. The highest BCUT2D eigenvalue weighted by Crippen LogP contribution is 2.26. The van der Waals surface area contributed by atoms with Crippen LogP contribution in [0.2, 0.25) is 0 Å². The van der Waals surface area contributed by atoms with Crippen LogP contribution < -0.4 is 0 Å². The van der Waals surface area contributed by atoms with E-state index in [0.29, 0.717) is 11.1 Å². The van der Waals surface area contributed by atoms with Crippen LogP contribution in [0, 0.1) is 6.92 Å². The van der Waals surface area contributed by atoms with Crippen LogP contribution in [0.3, 0.4) is 0 Å². The maximum atomic E-state index is 11.8. The van der Waals surface area contributed by atoms with Crippen molar-refractivity contribution in [3.8, 4) is 5.75 Å². The van der Waals surface area contributed by atoms with E-state index in [0.717, 1.165) is 11.1 Å². The van der Waals surface area contributed by atoms with E-state index in [2.05, 4.69) is 4.98 Å². The molecular weight excluding hydrogens is 204 g/mol. The number of H-pyrrole nitrogens is 1. The van der Waals surface area contributed by atoms with E-state index < -0.39 is 0 Å². The number of fused-ring (bicyclic) bond motifs is 1. The van der Waals surface area contributed by atoms with Gasteiger partial charge in [-0.05, 0) is 25.1 Å². The van der Waals surface area contributed by atoms with Crippen LogP contribution in [0.5, 0.6) is 5.75 Å². The molecule has 0 saturated heterocycles. The van der Waals surface area contributed by atoms with Gasteiger partial charge < -0.3 is 15.0 Å². The largest absolute Gasteiger partial charge is 0.506 e. The molecule has 0 aliphatic carbocycles. The number of benzene rings is 1. The molecule has 0 fully saturated rings. The van der Waals surface area contributed by atoms with Gasteiger partial charge in [-0.3, -0.25) is 4.79 Å². The van der Waals surface area contributed by atoms with Crippen molar-refractivity contribution >= 4 is 16.8 Å². The van der Waals surface area contributed by atoms with Crippen molar-refractivity contribution in [2.45, 2.75) is 6.92 Å². The molecule has 0 spiro atoms. The molecule has 0 unspecified atom stereocenters. The zero-order valence-electron chi connectivity index (χ0n) is 9.53. The molecule has 0 saturated carbocycles. The van der Waals surface area contributed by atoms with Gasteiger partial charge in [0.05, 0.1) is 5.52 Å². The number of amides is 1. The molecule has 16 heavy (non-hydrogen) atoms. The molecule has 1 aromatic heterocycles. The third-order valence-electron chi connectivity index (χ3n) is 2.50. The molecule has 0 bridgehead atoms. The number of phenolic OH excluding ortho intramolecular Hbond substituents is 1. The lowest BCUT2D eigenvalue weighted by Crippen LogP contribution is -2.21. The van der Waals surface area contributed by atoms with Gasteiger partial charge in [0.1, 0.15) is 5.75 Å². The number of hydrogen-bond donors (Lipinski definition) is 2. The van der Waals surface area contributed by atoms with Crippen LogP contribution in [0.25, 0.3) is 10.9 Å². The zero-order valence-corrected chi connectivity index (χ0v) is 9.53. The molecule has 2 rings (SSSR count). The third-order valence-corrected chi connectivity index (χ3v) is 2.50. The maximum Gasteiger partial charge on any atom is 0.253 e. The van der Waals surface area contributed by atoms with Gasteiger partial charge in [0.2, 0.25) is 0 Å². The summed E-state index contributed by atoms with van der Waals surface area (Å²) in [6.07, 6.45) is 0. The molecular formula is C12H14N2O2. The lowest BCUT2D eigenvalue weighted by molar-refractivity contribution is 0.0827. The smallest absolute Gasteiger partial charge is 0.253 e. The monoisotopic (exact) mass is 218 g/mol. The van der Waals surface area contributed by atoms with Crippen molar-refractivity contribution in [3.05, 3.63) is 29.5 Å². The van der Waals surface area contributed by atoms with E-state index in [1.807, 2.05) is 13.0 Å². The first-order valence-corrected chi connectivity index (χ1v) is 5.03. The Hall–Kier alpha value is -1.97.